The molecule has 2 amide bonds. The second-order valence-electron chi connectivity index (χ2n) is 5.18. The molecule has 2 aromatic rings. The second kappa shape index (κ2) is 7.44. The SMILES string of the molecule is Cc1cnc(C(=O)NCC(Cc2ccc(F)cc2)C(N)=O)cn1. The standard InChI is InChI=1S/C16H17FN4O2/c1-10-7-20-14(9-19-10)16(23)21-8-12(15(18)22)6-11-2-4-13(17)5-3-11/h2-5,7,9,12H,6,8H2,1H3,(H2,18,22)(H,21,23). The van der Waals surface area contributed by atoms with Gasteiger partial charge in [0.05, 0.1) is 17.8 Å². The number of nitrogens with one attached hydrogen (secondary N) is 1. The first kappa shape index (κ1) is 16.5. The number of rotatable bonds is 6. The molecule has 0 spiro atoms. The molecule has 120 valence electrons. The van der Waals surface area contributed by atoms with Crippen molar-refractivity contribution in [2.24, 2.45) is 11.7 Å². The van der Waals surface area contributed by atoms with E-state index < -0.39 is 17.7 Å². The van der Waals surface area contributed by atoms with Gasteiger partial charge in [-0.05, 0) is 31.0 Å². The van der Waals surface area contributed by atoms with E-state index in [1.54, 1.807) is 19.1 Å². The van der Waals surface area contributed by atoms with Crippen LogP contribution in [0.15, 0.2) is 36.7 Å². The van der Waals surface area contributed by atoms with Crippen molar-refractivity contribution < 1.29 is 14.0 Å². The number of aromatic nitrogens is 2. The minimum atomic E-state index is -0.595. The van der Waals surface area contributed by atoms with E-state index in [9.17, 15) is 14.0 Å². The van der Waals surface area contributed by atoms with Crippen molar-refractivity contribution in [2.75, 3.05) is 6.54 Å². The Morgan fingerprint density at radius 2 is 1.91 bits per heavy atom. The molecule has 23 heavy (non-hydrogen) atoms. The van der Waals surface area contributed by atoms with Crippen LogP contribution >= 0.6 is 0 Å². The highest BCUT2D eigenvalue weighted by Crippen LogP contribution is 2.10. The molecule has 0 aliphatic carbocycles. The van der Waals surface area contributed by atoms with Crippen LogP contribution in [0.25, 0.3) is 0 Å². The minimum absolute atomic E-state index is 0.0705. The smallest absolute Gasteiger partial charge is 0.271 e. The molecule has 1 heterocycles. The summed E-state index contributed by atoms with van der Waals surface area (Å²) in [6.07, 6.45) is 3.17. The second-order valence-corrected chi connectivity index (χ2v) is 5.18. The molecule has 0 aliphatic rings. The summed E-state index contributed by atoms with van der Waals surface area (Å²) in [7, 11) is 0. The first-order valence-electron chi connectivity index (χ1n) is 7.06. The molecule has 2 rings (SSSR count). The van der Waals surface area contributed by atoms with E-state index in [2.05, 4.69) is 15.3 Å². The van der Waals surface area contributed by atoms with Gasteiger partial charge in [0.25, 0.3) is 5.91 Å². The van der Waals surface area contributed by atoms with Gasteiger partial charge in [-0.1, -0.05) is 12.1 Å². The van der Waals surface area contributed by atoms with Crippen LogP contribution in [0.1, 0.15) is 21.7 Å². The van der Waals surface area contributed by atoms with E-state index in [-0.39, 0.29) is 18.1 Å². The van der Waals surface area contributed by atoms with Crippen molar-refractivity contribution in [3.05, 3.63) is 59.4 Å². The first-order valence-corrected chi connectivity index (χ1v) is 7.06. The van der Waals surface area contributed by atoms with Crippen molar-refractivity contribution >= 4 is 11.8 Å². The number of nitrogens with two attached hydrogens (primary N) is 1. The highest BCUT2D eigenvalue weighted by atomic mass is 19.1. The van der Waals surface area contributed by atoms with Gasteiger partial charge in [0.15, 0.2) is 0 Å². The zero-order valence-electron chi connectivity index (χ0n) is 12.6. The van der Waals surface area contributed by atoms with Gasteiger partial charge < -0.3 is 11.1 Å². The Bertz CT molecular complexity index is 686. The molecule has 0 fully saturated rings. The monoisotopic (exact) mass is 316 g/mol. The number of primary amides is 1. The molecule has 3 N–H and O–H groups in total. The lowest BCUT2D eigenvalue weighted by Gasteiger charge is -2.14. The number of carbonyl (C=O) groups is 2. The molecular formula is C16H17FN4O2. The Hall–Kier alpha value is -2.83. The summed E-state index contributed by atoms with van der Waals surface area (Å²) in [6.45, 7) is 1.83. The maximum Gasteiger partial charge on any atom is 0.271 e. The molecule has 1 aromatic heterocycles. The van der Waals surface area contributed by atoms with Gasteiger partial charge in [-0.2, -0.15) is 0 Å². The summed E-state index contributed by atoms with van der Waals surface area (Å²) in [6, 6.07) is 5.79. The summed E-state index contributed by atoms with van der Waals surface area (Å²) in [4.78, 5) is 31.4. The number of halogens is 1. The fourth-order valence-corrected chi connectivity index (χ4v) is 1.99. The van der Waals surface area contributed by atoms with Crippen LogP contribution in [0.3, 0.4) is 0 Å². The molecule has 1 unspecified atom stereocenters. The number of carbonyl (C=O) groups excluding carboxylic acids is 2. The molecule has 7 heteroatoms. The van der Waals surface area contributed by atoms with Gasteiger partial charge in [-0.25, -0.2) is 9.37 Å². The third kappa shape index (κ3) is 4.84. The van der Waals surface area contributed by atoms with Crippen LogP contribution in [0.5, 0.6) is 0 Å². The minimum Gasteiger partial charge on any atom is -0.369 e. The number of amides is 2. The zero-order valence-corrected chi connectivity index (χ0v) is 12.6. The molecule has 6 nitrogen and oxygen atoms in total. The van der Waals surface area contributed by atoms with Gasteiger partial charge in [-0.3, -0.25) is 14.6 Å². The molecular weight excluding hydrogens is 299 g/mol. The normalized spacial score (nSPS) is 11.7. The maximum absolute atomic E-state index is 12.9. The van der Waals surface area contributed by atoms with Crippen LogP contribution in [-0.2, 0) is 11.2 Å². The maximum atomic E-state index is 12.9. The van der Waals surface area contributed by atoms with Crippen molar-refractivity contribution in [3.8, 4) is 0 Å². The third-order valence-corrected chi connectivity index (χ3v) is 3.32. The van der Waals surface area contributed by atoms with E-state index in [0.717, 1.165) is 5.56 Å². The quantitative estimate of drug-likeness (QED) is 0.830. The van der Waals surface area contributed by atoms with E-state index >= 15 is 0 Å². The van der Waals surface area contributed by atoms with Crippen LogP contribution < -0.4 is 11.1 Å². The van der Waals surface area contributed by atoms with E-state index in [1.165, 1.54) is 24.5 Å². The van der Waals surface area contributed by atoms with Crippen LogP contribution in [0, 0.1) is 18.7 Å². The number of nitrogens with zero attached hydrogens (tertiary/aromatic N) is 2. The van der Waals surface area contributed by atoms with E-state index in [0.29, 0.717) is 12.1 Å². The lowest BCUT2D eigenvalue weighted by Crippen LogP contribution is -2.37. The molecule has 0 radical (unpaired) electrons. The third-order valence-electron chi connectivity index (χ3n) is 3.32. The van der Waals surface area contributed by atoms with Crippen molar-refractivity contribution in [3.63, 3.8) is 0 Å². The van der Waals surface area contributed by atoms with Gasteiger partial charge >= 0.3 is 0 Å². The van der Waals surface area contributed by atoms with Gasteiger partial charge in [-0.15, -0.1) is 0 Å². The number of aryl methyl sites for hydroxylation is 1. The molecule has 0 saturated heterocycles. The fourth-order valence-electron chi connectivity index (χ4n) is 1.99. The Morgan fingerprint density at radius 3 is 2.48 bits per heavy atom. The lowest BCUT2D eigenvalue weighted by atomic mass is 9.98. The predicted octanol–water partition coefficient (Wildman–Crippen LogP) is 0.998. The highest BCUT2D eigenvalue weighted by molar-refractivity contribution is 5.92. The van der Waals surface area contributed by atoms with Crippen molar-refractivity contribution in [2.45, 2.75) is 13.3 Å². The molecule has 0 saturated carbocycles. The van der Waals surface area contributed by atoms with Crippen LogP contribution in [0.4, 0.5) is 4.39 Å². The number of hydrogen-bond donors (Lipinski definition) is 2. The number of hydrogen-bond acceptors (Lipinski definition) is 4. The fraction of sp³-hybridized carbons (Fsp3) is 0.250. The van der Waals surface area contributed by atoms with Gasteiger partial charge in [0.1, 0.15) is 11.5 Å². The van der Waals surface area contributed by atoms with Crippen LogP contribution in [-0.4, -0.2) is 28.3 Å². The molecule has 1 atom stereocenters. The van der Waals surface area contributed by atoms with Crippen molar-refractivity contribution in [1.82, 2.24) is 15.3 Å². The average molecular weight is 316 g/mol. The Labute approximate surface area is 132 Å². The van der Waals surface area contributed by atoms with E-state index in [4.69, 9.17) is 5.73 Å². The molecule has 1 aromatic carbocycles. The summed E-state index contributed by atoms with van der Waals surface area (Å²) >= 11 is 0. The van der Waals surface area contributed by atoms with Gasteiger partial charge in [0.2, 0.25) is 5.91 Å². The molecule has 0 aliphatic heterocycles. The lowest BCUT2D eigenvalue weighted by molar-refractivity contribution is -0.121. The summed E-state index contributed by atoms with van der Waals surface area (Å²) < 4.78 is 12.9. The van der Waals surface area contributed by atoms with Crippen molar-refractivity contribution in [1.29, 1.82) is 0 Å². The summed E-state index contributed by atoms with van der Waals surface area (Å²) in [5.74, 6) is -1.91. The first-order chi connectivity index (χ1) is 11.0. The average Bonchev–Trinajstić information content (AvgIpc) is 2.53. The summed E-state index contributed by atoms with van der Waals surface area (Å²) in [5, 5.41) is 2.62. The Morgan fingerprint density at radius 1 is 1.22 bits per heavy atom. The largest absolute Gasteiger partial charge is 0.369 e. The Kier molecular flexibility index (Phi) is 5.35. The Balaban J connectivity index is 1.96. The highest BCUT2D eigenvalue weighted by Gasteiger charge is 2.18. The zero-order chi connectivity index (χ0) is 16.8. The summed E-state index contributed by atoms with van der Waals surface area (Å²) in [5.41, 5.74) is 7.00. The topological polar surface area (TPSA) is 98.0 Å². The van der Waals surface area contributed by atoms with E-state index in [1.807, 2.05) is 0 Å². The van der Waals surface area contributed by atoms with Gasteiger partial charge in [0, 0.05) is 12.7 Å². The van der Waals surface area contributed by atoms with Crippen LogP contribution in [0.2, 0.25) is 0 Å². The predicted molar refractivity (Wildman–Crippen MR) is 81.9 cm³/mol. The molecule has 0 bridgehead atoms. The number of benzene rings is 1.